The number of carbonyl (C=O) groups is 2. The van der Waals surface area contributed by atoms with Crippen molar-refractivity contribution >= 4 is 46.8 Å². The quantitative estimate of drug-likeness (QED) is 0.484. The van der Waals surface area contributed by atoms with E-state index < -0.39 is 0 Å². The van der Waals surface area contributed by atoms with E-state index in [1.165, 1.54) is 6.92 Å². The Hall–Kier alpha value is -1.69. The first-order valence-corrected chi connectivity index (χ1v) is 10.3. The lowest BCUT2D eigenvalue weighted by molar-refractivity contribution is -0.118. The molecule has 2 amide bonds. The average molecular weight is 425 g/mol. The summed E-state index contributed by atoms with van der Waals surface area (Å²) in [5, 5.41) is 4.06. The van der Waals surface area contributed by atoms with E-state index in [-0.39, 0.29) is 11.8 Å². The van der Waals surface area contributed by atoms with Crippen molar-refractivity contribution in [1.29, 1.82) is 0 Å². The van der Waals surface area contributed by atoms with E-state index in [2.05, 4.69) is 5.32 Å². The van der Waals surface area contributed by atoms with E-state index in [0.717, 1.165) is 22.6 Å². The Morgan fingerprint density at radius 3 is 2.48 bits per heavy atom. The second kappa shape index (κ2) is 10.6. The Labute approximate surface area is 174 Å². The minimum Gasteiger partial charge on any atom is -0.356 e. The van der Waals surface area contributed by atoms with Gasteiger partial charge in [0, 0.05) is 48.3 Å². The number of carbonyl (C=O) groups excluding carboxylic acids is 2. The normalized spacial score (nSPS) is 10.5. The Morgan fingerprint density at radius 1 is 1.11 bits per heavy atom. The number of hydrogen-bond acceptors (Lipinski definition) is 3. The highest BCUT2D eigenvalue weighted by Gasteiger charge is 2.11. The highest BCUT2D eigenvalue weighted by Crippen LogP contribution is 2.32. The first-order valence-electron chi connectivity index (χ1n) is 8.53. The molecule has 0 fully saturated rings. The van der Waals surface area contributed by atoms with Gasteiger partial charge in [0.2, 0.25) is 5.91 Å². The van der Waals surface area contributed by atoms with Crippen molar-refractivity contribution in [1.82, 2.24) is 10.2 Å². The van der Waals surface area contributed by atoms with Gasteiger partial charge in [0.05, 0.1) is 5.02 Å². The Kier molecular flexibility index (Phi) is 8.48. The molecule has 27 heavy (non-hydrogen) atoms. The molecule has 0 saturated carbocycles. The van der Waals surface area contributed by atoms with Crippen molar-refractivity contribution < 1.29 is 9.59 Å². The van der Waals surface area contributed by atoms with Crippen molar-refractivity contribution in [2.75, 3.05) is 20.1 Å². The van der Waals surface area contributed by atoms with Gasteiger partial charge in [-0.05, 0) is 42.3 Å². The fourth-order valence-electron chi connectivity index (χ4n) is 2.40. The van der Waals surface area contributed by atoms with Crippen LogP contribution in [0.5, 0.6) is 0 Å². The molecule has 0 aliphatic carbocycles. The van der Waals surface area contributed by atoms with Crippen molar-refractivity contribution in [3.8, 4) is 0 Å². The van der Waals surface area contributed by atoms with Crippen LogP contribution in [0, 0.1) is 0 Å². The number of halogens is 2. The van der Waals surface area contributed by atoms with Crippen LogP contribution in [0.4, 0.5) is 0 Å². The van der Waals surface area contributed by atoms with Gasteiger partial charge in [0.25, 0.3) is 5.91 Å². The van der Waals surface area contributed by atoms with Gasteiger partial charge in [0.1, 0.15) is 0 Å². The second-order valence-corrected chi connectivity index (χ2v) is 7.98. The third-order valence-electron chi connectivity index (χ3n) is 3.88. The minimum absolute atomic E-state index is 0.0325. The lowest BCUT2D eigenvalue weighted by atomic mass is 10.1. The van der Waals surface area contributed by atoms with Gasteiger partial charge in [-0.3, -0.25) is 9.59 Å². The van der Waals surface area contributed by atoms with Crippen LogP contribution in [-0.4, -0.2) is 36.9 Å². The predicted octanol–water partition coefficient (Wildman–Crippen LogP) is 4.88. The zero-order valence-electron chi connectivity index (χ0n) is 15.3. The van der Waals surface area contributed by atoms with Gasteiger partial charge in [-0.15, -0.1) is 11.8 Å². The Balaban J connectivity index is 1.87. The van der Waals surface area contributed by atoms with Gasteiger partial charge in [0.15, 0.2) is 0 Å². The molecule has 2 aromatic rings. The number of nitrogens with zero attached hydrogens (tertiary/aromatic N) is 1. The van der Waals surface area contributed by atoms with Gasteiger partial charge in [-0.2, -0.15) is 0 Å². The summed E-state index contributed by atoms with van der Waals surface area (Å²) in [4.78, 5) is 25.9. The van der Waals surface area contributed by atoms with Crippen LogP contribution in [0.2, 0.25) is 10.0 Å². The SMILES string of the molecule is CC(=O)NCCCN(C)C(=O)c1ccc(CSc2cc(Cl)ccc2Cl)cc1. The van der Waals surface area contributed by atoms with E-state index in [1.807, 2.05) is 30.3 Å². The van der Waals surface area contributed by atoms with Crippen molar-refractivity contribution in [2.24, 2.45) is 0 Å². The summed E-state index contributed by atoms with van der Waals surface area (Å²) in [7, 11) is 1.76. The standard InChI is InChI=1S/C20H22Cl2N2O2S/c1-14(25)23-10-3-11-24(2)20(26)16-6-4-15(5-7-16)13-27-19-12-17(21)8-9-18(19)22/h4-9,12H,3,10-11,13H2,1-2H3,(H,23,25). The number of nitrogens with one attached hydrogen (secondary N) is 1. The van der Waals surface area contributed by atoms with Crippen LogP contribution in [0.3, 0.4) is 0 Å². The number of thioether (sulfide) groups is 1. The average Bonchev–Trinajstić information content (AvgIpc) is 2.65. The fourth-order valence-corrected chi connectivity index (χ4v) is 3.84. The molecule has 2 aromatic carbocycles. The van der Waals surface area contributed by atoms with Gasteiger partial charge < -0.3 is 10.2 Å². The summed E-state index contributed by atoms with van der Waals surface area (Å²) in [5.41, 5.74) is 1.74. The van der Waals surface area contributed by atoms with E-state index in [0.29, 0.717) is 28.7 Å². The molecule has 0 heterocycles. The van der Waals surface area contributed by atoms with Gasteiger partial charge >= 0.3 is 0 Å². The smallest absolute Gasteiger partial charge is 0.253 e. The molecule has 2 rings (SSSR count). The molecular weight excluding hydrogens is 403 g/mol. The molecule has 0 bridgehead atoms. The summed E-state index contributed by atoms with van der Waals surface area (Å²) in [6, 6.07) is 13.0. The molecule has 1 N–H and O–H groups in total. The minimum atomic E-state index is -0.0588. The third kappa shape index (κ3) is 7.09. The summed E-state index contributed by atoms with van der Waals surface area (Å²) < 4.78 is 0. The molecule has 0 spiro atoms. The molecule has 0 aliphatic rings. The van der Waals surface area contributed by atoms with E-state index >= 15 is 0 Å². The molecule has 0 atom stereocenters. The maximum atomic E-state index is 12.4. The topological polar surface area (TPSA) is 49.4 Å². The molecule has 7 heteroatoms. The van der Waals surface area contributed by atoms with Crippen LogP contribution >= 0.6 is 35.0 Å². The van der Waals surface area contributed by atoms with Crippen LogP contribution in [0.25, 0.3) is 0 Å². The van der Waals surface area contributed by atoms with E-state index in [4.69, 9.17) is 23.2 Å². The van der Waals surface area contributed by atoms with Crippen LogP contribution in [-0.2, 0) is 10.5 Å². The van der Waals surface area contributed by atoms with E-state index in [9.17, 15) is 9.59 Å². The lowest BCUT2D eigenvalue weighted by Gasteiger charge is -2.17. The molecule has 0 aromatic heterocycles. The predicted molar refractivity (Wildman–Crippen MR) is 113 cm³/mol. The lowest BCUT2D eigenvalue weighted by Crippen LogP contribution is -2.30. The summed E-state index contributed by atoms with van der Waals surface area (Å²) in [5.74, 6) is 0.646. The van der Waals surface area contributed by atoms with Crippen LogP contribution in [0.15, 0.2) is 47.4 Å². The molecule has 0 unspecified atom stereocenters. The zero-order valence-corrected chi connectivity index (χ0v) is 17.6. The molecule has 0 saturated heterocycles. The monoisotopic (exact) mass is 424 g/mol. The number of benzene rings is 2. The van der Waals surface area contributed by atoms with Crippen LogP contribution < -0.4 is 5.32 Å². The fraction of sp³-hybridized carbons (Fsp3) is 0.300. The van der Waals surface area contributed by atoms with Crippen molar-refractivity contribution in [2.45, 2.75) is 24.0 Å². The Morgan fingerprint density at radius 2 is 1.81 bits per heavy atom. The van der Waals surface area contributed by atoms with Gasteiger partial charge in [-0.1, -0.05) is 35.3 Å². The number of amides is 2. The second-order valence-electron chi connectivity index (χ2n) is 6.12. The summed E-state index contributed by atoms with van der Waals surface area (Å²) >= 11 is 13.8. The molecule has 4 nitrogen and oxygen atoms in total. The first-order chi connectivity index (χ1) is 12.9. The summed E-state index contributed by atoms with van der Waals surface area (Å²) in [6.07, 6.45) is 0.719. The van der Waals surface area contributed by atoms with Crippen molar-refractivity contribution in [3.63, 3.8) is 0 Å². The largest absolute Gasteiger partial charge is 0.356 e. The maximum Gasteiger partial charge on any atom is 0.253 e. The molecule has 144 valence electrons. The zero-order chi connectivity index (χ0) is 19.8. The number of rotatable bonds is 8. The van der Waals surface area contributed by atoms with Crippen molar-refractivity contribution in [3.05, 3.63) is 63.6 Å². The summed E-state index contributed by atoms with van der Waals surface area (Å²) in [6.45, 7) is 2.63. The highest BCUT2D eigenvalue weighted by atomic mass is 35.5. The highest BCUT2D eigenvalue weighted by molar-refractivity contribution is 7.98. The third-order valence-corrected chi connectivity index (χ3v) is 5.68. The van der Waals surface area contributed by atoms with E-state index in [1.54, 1.807) is 35.8 Å². The molecule has 0 aliphatic heterocycles. The molecule has 0 radical (unpaired) electrons. The maximum absolute atomic E-state index is 12.4. The molecular formula is C20H22Cl2N2O2S. The van der Waals surface area contributed by atoms with Gasteiger partial charge in [-0.25, -0.2) is 0 Å². The Bertz CT molecular complexity index is 797. The van der Waals surface area contributed by atoms with Crippen LogP contribution in [0.1, 0.15) is 29.3 Å². The first kappa shape index (κ1) is 21.6. The number of hydrogen-bond donors (Lipinski definition) is 1.